The van der Waals surface area contributed by atoms with Crippen LogP contribution in [0.15, 0.2) is 24.7 Å². The first-order valence-corrected chi connectivity index (χ1v) is 5.32. The van der Waals surface area contributed by atoms with Crippen LogP contribution in [0.1, 0.15) is 18.7 Å². The molecule has 1 saturated carbocycles. The first kappa shape index (κ1) is 8.73. The van der Waals surface area contributed by atoms with E-state index in [1.165, 1.54) is 12.8 Å². The number of aromatic amines is 2. The van der Waals surface area contributed by atoms with E-state index in [2.05, 4.69) is 20.3 Å². The summed E-state index contributed by atoms with van der Waals surface area (Å²) in [5, 5.41) is 3.43. The molecule has 4 nitrogen and oxygen atoms in total. The Bertz CT molecular complexity index is 425. The topological polar surface area (TPSA) is 56.5 Å². The maximum atomic E-state index is 4.34. The van der Waals surface area contributed by atoms with Crippen molar-refractivity contribution in [3.8, 4) is 11.3 Å². The SMILES string of the molecule is c1cc(-c2cnc(CNC3CC3)[nH]2)c[nH]1. The van der Waals surface area contributed by atoms with Crippen molar-refractivity contribution in [2.75, 3.05) is 0 Å². The Morgan fingerprint density at radius 3 is 3.13 bits per heavy atom. The highest BCUT2D eigenvalue weighted by Crippen LogP contribution is 2.19. The second kappa shape index (κ2) is 3.55. The number of H-pyrrole nitrogens is 2. The predicted octanol–water partition coefficient (Wildman–Crippen LogP) is 1.66. The molecule has 0 aromatic carbocycles. The highest BCUT2D eigenvalue weighted by atomic mass is 15.0. The quantitative estimate of drug-likeness (QED) is 0.706. The fourth-order valence-electron chi connectivity index (χ4n) is 1.62. The van der Waals surface area contributed by atoms with Crippen LogP contribution >= 0.6 is 0 Å². The normalized spacial score (nSPS) is 15.7. The summed E-state index contributed by atoms with van der Waals surface area (Å²) >= 11 is 0. The number of imidazole rings is 1. The smallest absolute Gasteiger partial charge is 0.120 e. The molecule has 0 unspecified atom stereocenters. The lowest BCUT2D eigenvalue weighted by atomic mass is 10.3. The molecular weight excluding hydrogens is 188 g/mol. The minimum Gasteiger partial charge on any atom is -0.367 e. The van der Waals surface area contributed by atoms with Gasteiger partial charge in [-0.3, -0.25) is 0 Å². The van der Waals surface area contributed by atoms with Crippen molar-refractivity contribution in [3.05, 3.63) is 30.5 Å². The van der Waals surface area contributed by atoms with E-state index in [1.807, 2.05) is 24.7 Å². The summed E-state index contributed by atoms with van der Waals surface area (Å²) in [6.45, 7) is 0.842. The van der Waals surface area contributed by atoms with Crippen LogP contribution in [0, 0.1) is 0 Å². The Morgan fingerprint density at radius 2 is 2.40 bits per heavy atom. The minimum atomic E-state index is 0.728. The summed E-state index contributed by atoms with van der Waals surface area (Å²) in [7, 11) is 0. The standard InChI is InChI=1S/C11H14N4/c1-2-9(1)13-7-11-14-6-10(15-11)8-3-4-12-5-8/h3-6,9,12-13H,1-2,7H2,(H,14,15). The Kier molecular flexibility index (Phi) is 2.07. The zero-order valence-electron chi connectivity index (χ0n) is 8.46. The van der Waals surface area contributed by atoms with Crippen molar-refractivity contribution in [2.24, 2.45) is 0 Å². The van der Waals surface area contributed by atoms with Gasteiger partial charge in [-0.15, -0.1) is 0 Å². The molecule has 3 rings (SSSR count). The lowest BCUT2D eigenvalue weighted by Crippen LogP contribution is -2.16. The molecule has 0 bridgehead atoms. The lowest BCUT2D eigenvalue weighted by Gasteiger charge is -1.97. The van der Waals surface area contributed by atoms with E-state index in [9.17, 15) is 0 Å². The van der Waals surface area contributed by atoms with Crippen LogP contribution in [0.2, 0.25) is 0 Å². The summed E-state index contributed by atoms with van der Waals surface area (Å²) in [4.78, 5) is 10.7. The summed E-state index contributed by atoms with van der Waals surface area (Å²) < 4.78 is 0. The molecule has 3 N–H and O–H groups in total. The van der Waals surface area contributed by atoms with Gasteiger partial charge in [0.1, 0.15) is 5.82 Å². The van der Waals surface area contributed by atoms with Gasteiger partial charge in [-0.1, -0.05) is 0 Å². The molecule has 0 amide bonds. The molecule has 1 aliphatic rings. The van der Waals surface area contributed by atoms with Gasteiger partial charge in [0.15, 0.2) is 0 Å². The fraction of sp³-hybridized carbons (Fsp3) is 0.364. The third-order valence-corrected chi connectivity index (χ3v) is 2.67. The van der Waals surface area contributed by atoms with Gasteiger partial charge in [0.25, 0.3) is 0 Å². The van der Waals surface area contributed by atoms with Gasteiger partial charge in [-0.2, -0.15) is 0 Å². The summed E-state index contributed by atoms with van der Waals surface area (Å²) in [6, 6.07) is 2.76. The number of aromatic nitrogens is 3. The number of rotatable bonds is 4. The molecule has 0 atom stereocenters. The highest BCUT2D eigenvalue weighted by Gasteiger charge is 2.20. The van der Waals surface area contributed by atoms with Crippen LogP contribution < -0.4 is 5.32 Å². The van der Waals surface area contributed by atoms with Crippen molar-refractivity contribution in [3.63, 3.8) is 0 Å². The monoisotopic (exact) mass is 202 g/mol. The van der Waals surface area contributed by atoms with Crippen molar-refractivity contribution >= 4 is 0 Å². The van der Waals surface area contributed by atoms with Gasteiger partial charge in [-0.25, -0.2) is 4.98 Å². The lowest BCUT2D eigenvalue weighted by molar-refractivity contribution is 0.664. The minimum absolute atomic E-state index is 0.728. The van der Waals surface area contributed by atoms with Gasteiger partial charge >= 0.3 is 0 Å². The second-order valence-electron chi connectivity index (χ2n) is 4.00. The van der Waals surface area contributed by atoms with Gasteiger partial charge in [0.05, 0.1) is 18.4 Å². The summed E-state index contributed by atoms with van der Waals surface area (Å²) in [6.07, 6.45) is 8.38. The van der Waals surface area contributed by atoms with Crippen LogP contribution in [0.25, 0.3) is 11.3 Å². The van der Waals surface area contributed by atoms with E-state index >= 15 is 0 Å². The first-order valence-electron chi connectivity index (χ1n) is 5.32. The molecule has 4 heteroatoms. The van der Waals surface area contributed by atoms with Crippen molar-refractivity contribution in [1.82, 2.24) is 20.3 Å². The van der Waals surface area contributed by atoms with Gasteiger partial charge in [0.2, 0.25) is 0 Å². The number of nitrogens with zero attached hydrogens (tertiary/aromatic N) is 1. The Labute approximate surface area is 88.1 Å². The Morgan fingerprint density at radius 1 is 1.47 bits per heavy atom. The van der Waals surface area contributed by atoms with Crippen LogP contribution in [0.5, 0.6) is 0 Å². The van der Waals surface area contributed by atoms with Gasteiger partial charge < -0.3 is 15.3 Å². The average Bonchev–Trinajstić information content (AvgIpc) is 2.78. The van der Waals surface area contributed by atoms with Crippen LogP contribution in [0.4, 0.5) is 0 Å². The summed E-state index contributed by atoms with van der Waals surface area (Å²) in [5.74, 6) is 1.01. The van der Waals surface area contributed by atoms with E-state index in [0.717, 1.165) is 29.7 Å². The number of hydrogen-bond acceptors (Lipinski definition) is 2. The van der Waals surface area contributed by atoms with Crippen molar-refractivity contribution in [1.29, 1.82) is 0 Å². The molecule has 2 aromatic rings. The molecule has 78 valence electrons. The largest absolute Gasteiger partial charge is 0.367 e. The van der Waals surface area contributed by atoms with E-state index < -0.39 is 0 Å². The third-order valence-electron chi connectivity index (χ3n) is 2.67. The first-order chi connectivity index (χ1) is 7.42. The molecular formula is C11H14N4. The van der Waals surface area contributed by atoms with Crippen molar-refractivity contribution < 1.29 is 0 Å². The third kappa shape index (κ3) is 1.94. The zero-order valence-corrected chi connectivity index (χ0v) is 8.46. The van der Waals surface area contributed by atoms with Crippen LogP contribution in [-0.4, -0.2) is 21.0 Å². The van der Waals surface area contributed by atoms with Gasteiger partial charge in [-0.05, 0) is 18.9 Å². The molecule has 2 heterocycles. The van der Waals surface area contributed by atoms with E-state index in [1.54, 1.807) is 0 Å². The van der Waals surface area contributed by atoms with Crippen LogP contribution in [-0.2, 0) is 6.54 Å². The number of hydrogen-bond donors (Lipinski definition) is 3. The van der Waals surface area contributed by atoms with E-state index in [-0.39, 0.29) is 0 Å². The molecule has 1 fully saturated rings. The average molecular weight is 202 g/mol. The molecule has 1 aliphatic carbocycles. The summed E-state index contributed by atoms with van der Waals surface area (Å²) in [5.41, 5.74) is 2.23. The Hall–Kier alpha value is -1.55. The second-order valence-corrected chi connectivity index (χ2v) is 4.00. The van der Waals surface area contributed by atoms with E-state index in [4.69, 9.17) is 0 Å². The zero-order chi connectivity index (χ0) is 10.1. The molecule has 0 saturated heterocycles. The number of nitrogens with one attached hydrogen (secondary N) is 3. The maximum absolute atomic E-state index is 4.34. The fourth-order valence-corrected chi connectivity index (χ4v) is 1.62. The van der Waals surface area contributed by atoms with Crippen molar-refractivity contribution in [2.45, 2.75) is 25.4 Å². The maximum Gasteiger partial charge on any atom is 0.120 e. The van der Waals surface area contributed by atoms with Crippen LogP contribution in [0.3, 0.4) is 0 Å². The molecule has 2 aromatic heterocycles. The molecule has 0 spiro atoms. The molecule has 0 aliphatic heterocycles. The highest BCUT2D eigenvalue weighted by molar-refractivity contribution is 5.57. The molecule has 15 heavy (non-hydrogen) atoms. The van der Waals surface area contributed by atoms with E-state index in [0.29, 0.717) is 0 Å². The Balaban J connectivity index is 1.69. The van der Waals surface area contributed by atoms with Gasteiger partial charge in [0, 0.05) is 24.0 Å². The molecule has 0 radical (unpaired) electrons. The predicted molar refractivity (Wildman–Crippen MR) is 58.2 cm³/mol.